The van der Waals surface area contributed by atoms with Crippen molar-refractivity contribution in [3.63, 3.8) is 0 Å². The van der Waals surface area contributed by atoms with Crippen molar-refractivity contribution in [2.45, 2.75) is 31.7 Å². The molecule has 0 aliphatic rings. The Labute approximate surface area is 96.6 Å². The zero-order valence-corrected chi connectivity index (χ0v) is 10.1. The Morgan fingerprint density at radius 3 is 2.93 bits per heavy atom. The van der Waals surface area contributed by atoms with Crippen LogP contribution in [0.25, 0.3) is 0 Å². The predicted octanol–water partition coefficient (Wildman–Crippen LogP) is 0.986. The molecule has 0 spiro atoms. The third-order valence-electron chi connectivity index (χ3n) is 2.02. The summed E-state index contributed by atoms with van der Waals surface area (Å²) >= 11 is 1.70. The average Bonchev–Trinajstić information content (AvgIpc) is 2.25. The summed E-state index contributed by atoms with van der Waals surface area (Å²) in [5, 5.41) is 2.81. The molecule has 3 N–H and O–H groups in total. The number of nitrogens with one attached hydrogen (secondary N) is 1. The fraction of sp³-hybridized carbons (Fsp3) is 0.727. The van der Waals surface area contributed by atoms with Gasteiger partial charge < -0.3 is 11.1 Å². The maximum atomic E-state index is 11.4. The van der Waals surface area contributed by atoms with Crippen LogP contribution in [0.5, 0.6) is 0 Å². The van der Waals surface area contributed by atoms with Crippen LogP contribution in [0.2, 0.25) is 0 Å². The molecule has 0 aromatic heterocycles. The largest absolute Gasteiger partial charge is 0.355 e. The molecule has 4 heteroatoms. The van der Waals surface area contributed by atoms with E-state index in [1.807, 2.05) is 6.26 Å². The Morgan fingerprint density at radius 2 is 2.33 bits per heavy atom. The molecule has 0 bridgehead atoms. The van der Waals surface area contributed by atoms with Gasteiger partial charge in [-0.1, -0.05) is 0 Å². The molecule has 0 aromatic rings. The Morgan fingerprint density at radius 1 is 1.60 bits per heavy atom. The Bertz CT molecular complexity index is 213. The first-order chi connectivity index (χ1) is 7.22. The van der Waals surface area contributed by atoms with Crippen molar-refractivity contribution >= 4 is 17.7 Å². The van der Waals surface area contributed by atoms with Gasteiger partial charge in [0.25, 0.3) is 0 Å². The van der Waals surface area contributed by atoms with Gasteiger partial charge in [0.05, 0.1) is 6.04 Å². The van der Waals surface area contributed by atoms with E-state index in [2.05, 4.69) is 11.2 Å². The van der Waals surface area contributed by atoms with E-state index in [-0.39, 0.29) is 11.9 Å². The normalized spacial score (nSPS) is 11.8. The molecule has 0 rings (SSSR count). The van der Waals surface area contributed by atoms with Gasteiger partial charge in [-0.2, -0.15) is 11.8 Å². The number of unbranched alkanes of at least 4 members (excludes halogenated alkanes) is 2. The first kappa shape index (κ1) is 14.3. The van der Waals surface area contributed by atoms with E-state index in [0.717, 1.165) is 31.4 Å². The van der Waals surface area contributed by atoms with E-state index in [1.165, 1.54) is 0 Å². The highest BCUT2D eigenvalue weighted by atomic mass is 32.2. The summed E-state index contributed by atoms with van der Waals surface area (Å²) in [5.74, 6) is 3.44. The standard InChI is InChI=1S/C11H20N2OS/c1-3-4-5-6-8-13-11(14)10(12)7-9-15-2/h1,10H,4-9,12H2,2H3,(H,13,14)/t10-/m0/s1. The van der Waals surface area contributed by atoms with Gasteiger partial charge in [0.1, 0.15) is 0 Å². The molecule has 0 fully saturated rings. The van der Waals surface area contributed by atoms with Crippen molar-refractivity contribution in [1.29, 1.82) is 0 Å². The highest BCUT2D eigenvalue weighted by Crippen LogP contribution is 1.99. The van der Waals surface area contributed by atoms with Gasteiger partial charge >= 0.3 is 0 Å². The molecule has 0 aliphatic carbocycles. The zero-order valence-electron chi connectivity index (χ0n) is 9.29. The van der Waals surface area contributed by atoms with Gasteiger partial charge in [0, 0.05) is 13.0 Å². The smallest absolute Gasteiger partial charge is 0.236 e. The summed E-state index contributed by atoms with van der Waals surface area (Å²) in [6, 6.07) is -0.370. The maximum absolute atomic E-state index is 11.4. The van der Waals surface area contributed by atoms with Gasteiger partial charge in [0.15, 0.2) is 0 Å². The number of nitrogens with two attached hydrogens (primary N) is 1. The topological polar surface area (TPSA) is 55.1 Å². The second-order valence-corrected chi connectivity index (χ2v) is 4.33. The van der Waals surface area contributed by atoms with Crippen molar-refractivity contribution < 1.29 is 4.79 Å². The van der Waals surface area contributed by atoms with E-state index in [9.17, 15) is 4.79 Å². The van der Waals surface area contributed by atoms with Gasteiger partial charge in [-0.3, -0.25) is 4.79 Å². The lowest BCUT2D eigenvalue weighted by Gasteiger charge is -2.10. The number of carbonyl (C=O) groups excluding carboxylic acids is 1. The molecular formula is C11H20N2OS. The molecule has 0 unspecified atom stereocenters. The molecule has 0 saturated carbocycles. The zero-order chi connectivity index (χ0) is 11.5. The molecule has 0 aromatic carbocycles. The van der Waals surface area contributed by atoms with E-state index in [1.54, 1.807) is 11.8 Å². The summed E-state index contributed by atoms with van der Waals surface area (Å²) in [6.45, 7) is 0.674. The van der Waals surface area contributed by atoms with Crippen molar-refractivity contribution in [1.82, 2.24) is 5.32 Å². The van der Waals surface area contributed by atoms with Gasteiger partial charge in [0.2, 0.25) is 5.91 Å². The average molecular weight is 228 g/mol. The van der Waals surface area contributed by atoms with Crippen LogP contribution in [-0.2, 0) is 4.79 Å². The molecule has 0 saturated heterocycles. The molecule has 15 heavy (non-hydrogen) atoms. The minimum Gasteiger partial charge on any atom is -0.355 e. The number of terminal acetylenes is 1. The minimum absolute atomic E-state index is 0.0512. The second kappa shape index (κ2) is 9.88. The third kappa shape index (κ3) is 8.34. The fourth-order valence-electron chi connectivity index (χ4n) is 1.07. The van der Waals surface area contributed by atoms with Crippen LogP contribution < -0.4 is 11.1 Å². The van der Waals surface area contributed by atoms with Crippen molar-refractivity contribution in [3.05, 3.63) is 0 Å². The molecule has 1 atom stereocenters. The Kier molecular flexibility index (Phi) is 9.44. The number of amides is 1. The fourth-order valence-corrected chi connectivity index (χ4v) is 1.56. The molecule has 0 heterocycles. The number of rotatable bonds is 8. The number of carbonyl (C=O) groups is 1. The van der Waals surface area contributed by atoms with Gasteiger partial charge in [-0.25, -0.2) is 0 Å². The molecule has 0 aliphatic heterocycles. The van der Waals surface area contributed by atoms with Crippen LogP contribution in [0.15, 0.2) is 0 Å². The predicted molar refractivity (Wildman–Crippen MR) is 66.7 cm³/mol. The number of hydrogen-bond donors (Lipinski definition) is 2. The van der Waals surface area contributed by atoms with Gasteiger partial charge in [-0.15, -0.1) is 12.3 Å². The molecule has 1 amide bonds. The van der Waals surface area contributed by atoms with Crippen LogP contribution in [0.1, 0.15) is 25.7 Å². The van der Waals surface area contributed by atoms with Crippen LogP contribution in [0.3, 0.4) is 0 Å². The van der Waals surface area contributed by atoms with E-state index >= 15 is 0 Å². The summed E-state index contributed by atoms with van der Waals surface area (Å²) < 4.78 is 0. The first-order valence-corrected chi connectivity index (χ1v) is 6.57. The van der Waals surface area contributed by atoms with E-state index < -0.39 is 0 Å². The van der Waals surface area contributed by atoms with Crippen LogP contribution in [-0.4, -0.2) is 30.5 Å². The molecule has 0 radical (unpaired) electrons. The van der Waals surface area contributed by atoms with Crippen molar-refractivity contribution in [3.8, 4) is 12.3 Å². The van der Waals surface area contributed by atoms with Crippen LogP contribution in [0.4, 0.5) is 0 Å². The SMILES string of the molecule is C#CCCCCNC(=O)[C@@H](N)CCSC. The van der Waals surface area contributed by atoms with E-state index in [0.29, 0.717) is 6.54 Å². The summed E-state index contributed by atoms with van der Waals surface area (Å²) in [5.41, 5.74) is 5.69. The second-order valence-electron chi connectivity index (χ2n) is 3.34. The van der Waals surface area contributed by atoms with Crippen molar-refractivity contribution in [2.75, 3.05) is 18.6 Å². The third-order valence-corrected chi connectivity index (χ3v) is 2.66. The lowest BCUT2D eigenvalue weighted by Crippen LogP contribution is -2.41. The lowest BCUT2D eigenvalue weighted by atomic mass is 10.2. The van der Waals surface area contributed by atoms with E-state index in [4.69, 9.17) is 12.2 Å². The Balaban J connectivity index is 3.43. The number of thioether (sulfide) groups is 1. The highest BCUT2D eigenvalue weighted by molar-refractivity contribution is 7.98. The molecule has 86 valence electrons. The Hall–Kier alpha value is -0.660. The highest BCUT2D eigenvalue weighted by Gasteiger charge is 2.11. The summed E-state index contributed by atoms with van der Waals surface area (Å²) in [7, 11) is 0. The van der Waals surface area contributed by atoms with Crippen LogP contribution >= 0.6 is 11.8 Å². The van der Waals surface area contributed by atoms with Crippen molar-refractivity contribution in [2.24, 2.45) is 5.73 Å². The monoisotopic (exact) mass is 228 g/mol. The summed E-state index contributed by atoms with van der Waals surface area (Å²) in [6.07, 6.45) is 10.5. The maximum Gasteiger partial charge on any atom is 0.236 e. The lowest BCUT2D eigenvalue weighted by molar-refractivity contribution is -0.122. The minimum atomic E-state index is -0.370. The molecular weight excluding hydrogens is 208 g/mol. The summed E-state index contributed by atoms with van der Waals surface area (Å²) in [4.78, 5) is 11.4. The molecule has 3 nitrogen and oxygen atoms in total. The van der Waals surface area contributed by atoms with Gasteiger partial charge in [-0.05, 0) is 31.3 Å². The quantitative estimate of drug-likeness (QED) is 0.481. The number of hydrogen-bond acceptors (Lipinski definition) is 3. The van der Waals surface area contributed by atoms with Crippen LogP contribution in [0, 0.1) is 12.3 Å². The first-order valence-electron chi connectivity index (χ1n) is 5.18.